The zero-order chi connectivity index (χ0) is 18.1. The van der Waals surface area contributed by atoms with Gasteiger partial charge >= 0.3 is 0 Å². The van der Waals surface area contributed by atoms with Crippen molar-refractivity contribution in [3.63, 3.8) is 0 Å². The molecule has 1 N–H and O–H groups in total. The molecule has 0 fully saturated rings. The summed E-state index contributed by atoms with van der Waals surface area (Å²) in [7, 11) is 0. The van der Waals surface area contributed by atoms with Gasteiger partial charge in [-0.2, -0.15) is 0 Å². The summed E-state index contributed by atoms with van der Waals surface area (Å²) in [4.78, 5) is 12.3. The molecule has 25 heavy (non-hydrogen) atoms. The van der Waals surface area contributed by atoms with E-state index in [0.29, 0.717) is 0 Å². The van der Waals surface area contributed by atoms with Crippen molar-refractivity contribution >= 4 is 16.9 Å². The second-order valence-corrected chi connectivity index (χ2v) is 6.28. The third kappa shape index (κ3) is 3.40. The summed E-state index contributed by atoms with van der Waals surface area (Å²) in [6.07, 6.45) is 1.71. The van der Waals surface area contributed by atoms with Gasteiger partial charge in [0, 0.05) is 22.6 Å². The SMILES string of the molecule is Cc1ccc2c(CC(=O)N[C@@H](C)c3ccc(F)cc3F)coc2c1C. The molecule has 0 aliphatic heterocycles. The van der Waals surface area contributed by atoms with Gasteiger partial charge in [-0.1, -0.05) is 18.2 Å². The summed E-state index contributed by atoms with van der Waals surface area (Å²) in [6, 6.07) is 6.70. The number of benzene rings is 2. The van der Waals surface area contributed by atoms with Crippen LogP contribution in [0.2, 0.25) is 0 Å². The number of hydrogen-bond acceptors (Lipinski definition) is 2. The van der Waals surface area contributed by atoms with Crippen molar-refractivity contribution in [2.24, 2.45) is 0 Å². The molecule has 0 aliphatic carbocycles. The Kier molecular flexibility index (Phi) is 4.57. The summed E-state index contributed by atoms with van der Waals surface area (Å²) >= 11 is 0. The van der Waals surface area contributed by atoms with Crippen molar-refractivity contribution in [1.82, 2.24) is 5.32 Å². The highest BCUT2D eigenvalue weighted by Gasteiger charge is 2.17. The van der Waals surface area contributed by atoms with E-state index >= 15 is 0 Å². The fourth-order valence-corrected chi connectivity index (χ4v) is 2.92. The molecule has 1 amide bonds. The molecule has 1 heterocycles. The van der Waals surface area contributed by atoms with Gasteiger partial charge in [-0.05, 0) is 38.0 Å². The maximum Gasteiger partial charge on any atom is 0.225 e. The molecule has 0 saturated carbocycles. The minimum Gasteiger partial charge on any atom is -0.464 e. The molecule has 130 valence electrons. The van der Waals surface area contributed by atoms with E-state index in [0.717, 1.165) is 33.7 Å². The number of furan rings is 1. The van der Waals surface area contributed by atoms with Crippen molar-refractivity contribution in [3.05, 3.63) is 70.5 Å². The molecule has 0 radical (unpaired) electrons. The van der Waals surface area contributed by atoms with E-state index in [1.54, 1.807) is 13.2 Å². The predicted molar refractivity (Wildman–Crippen MR) is 92.3 cm³/mol. The average Bonchev–Trinajstić information content (AvgIpc) is 2.94. The van der Waals surface area contributed by atoms with Gasteiger partial charge in [0.05, 0.1) is 18.7 Å². The Morgan fingerprint density at radius 2 is 1.96 bits per heavy atom. The number of halogens is 2. The van der Waals surface area contributed by atoms with Crippen molar-refractivity contribution < 1.29 is 18.0 Å². The van der Waals surface area contributed by atoms with E-state index in [1.807, 2.05) is 26.0 Å². The molecule has 0 saturated heterocycles. The summed E-state index contributed by atoms with van der Waals surface area (Å²) in [5.41, 5.74) is 3.98. The van der Waals surface area contributed by atoms with Crippen LogP contribution >= 0.6 is 0 Å². The first-order chi connectivity index (χ1) is 11.9. The fourth-order valence-electron chi connectivity index (χ4n) is 2.92. The van der Waals surface area contributed by atoms with Gasteiger partial charge in [-0.3, -0.25) is 4.79 Å². The molecule has 1 atom stereocenters. The highest BCUT2D eigenvalue weighted by atomic mass is 19.1. The average molecular weight is 343 g/mol. The third-order valence-corrected chi connectivity index (χ3v) is 4.50. The molecule has 0 bridgehead atoms. The molecular weight excluding hydrogens is 324 g/mol. The Bertz CT molecular complexity index is 946. The quantitative estimate of drug-likeness (QED) is 0.743. The molecule has 0 spiro atoms. The molecule has 3 nitrogen and oxygen atoms in total. The Morgan fingerprint density at radius 3 is 2.68 bits per heavy atom. The van der Waals surface area contributed by atoms with Gasteiger partial charge in [0.1, 0.15) is 17.2 Å². The number of carbonyl (C=O) groups is 1. The van der Waals surface area contributed by atoms with Crippen LogP contribution in [0.15, 0.2) is 41.0 Å². The number of hydrogen-bond donors (Lipinski definition) is 1. The maximum absolute atomic E-state index is 13.8. The zero-order valence-corrected chi connectivity index (χ0v) is 14.3. The zero-order valence-electron chi connectivity index (χ0n) is 14.3. The molecule has 1 aromatic heterocycles. The number of nitrogens with one attached hydrogen (secondary N) is 1. The van der Waals surface area contributed by atoms with Crippen LogP contribution in [0.1, 0.15) is 35.2 Å². The van der Waals surface area contributed by atoms with Crippen LogP contribution in [0.25, 0.3) is 11.0 Å². The van der Waals surface area contributed by atoms with Gasteiger partial charge in [-0.15, -0.1) is 0 Å². The molecular formula is C20H19F2NO2. The van der Waals surface area contributed by atoms with E-state index < -0.39 is 17.7 Å². The maximum atomic E-state index is 13.8. The normalized spacial score (nSPS) is 12.4. The minimum atomic E-state index is -0.673. The lowest BCUT2D eigenvalue weighted by Gasteiger charge is -2.15. The van der Waals surface area contributed by atoms with Crippen LogP contribution in [-0.4, -0.2) is 5.91 Å². The van der Waals surface area contributed by atoms with Gasteiger partial charge in [-0.25, -0.2) is 8.78 Å². The monoisotopic (exact) mass is 343 g/mol. The van der Waals surface area contributed by atoms with Crippen LogP contribution < -0.4 is 5.32 Å². The fraction of sp³-hybridized carbons (Fsp3) is 0.250. The first kappa shape index (κ1) is 17.1. The molecule has 5 heteroatoms. The van der Waals surface area contributed by atoms with Gasteiger partial charge in [0.2, 0.25) is 5.91 Å². The second-order valence-electron chi connectivity index (χ2n) is 6.28. The molecule has 3 rings (SSSR count). The molecule has 3 aromatic rings. The lowest BCUT2D eigenvalue weighted by Crippen LogP contribution is -2.28. The highest BCUT2D eigenvalue weighted by Crippen LogP contribution is 2.27. The van der Waals surface area contributed by atoms with E-state index in [4.69, 9.17) is 4.42 Å². The Labute approximate surface area is 144 Å². The Balaban J connectivity index is 1.75. The van der Waals surface area contributed by atoms with E-state index in [1.165, 1.54) is 12.1 Å². The number of carbonyl (C=O) groups excluding carboxylic acids is 1. The Hall–Kier alpha value is -2.69. The summed E-state index contributed by atoms with van der Waals surface area (Å²) in [5, 5.41) is 3.64. The van der Waals surface area contributed by atoms with Crippen molar-refractivity contribution in [2.75, 3.05) is 0 Å². The largest absolute Gasteiger partial charge is 0.464 e. The minimum absolute atomic E-state index is 0.128. The van der Waals surface area contributed by atoms with Crippen LogP contribution in [0.4, 0.5) is 8.78 Å². The van der Waals surface area contributed by atoms with Crippen LogP contribution in [0.3, 0.4) is 0 Å². The van der Waals surface area contributed by atoms with Crippen molar-refractivity contribution in [1.29, 1.82) is 0 Å². The first-order valence-corrected chi connectivity index (χ1v) is 8.07. The first-order valence-electron chi connectivity index (χ1n) is 8.07. The van der Waals surface area contributed by atoms with E-state index in [9.17, 15) is 13.6 Å². The lowest BCUT2D eigenvalue weighted by atomic mass is 10.0. The molecule has 0 aliphatic rings. The highest BCUT2D eigenvalue weighted by molar-refractivity contribution is 5.89. The van der Waals surface area contributed by atoms with E-state index in [2.05, 4.69) is 5.32 Å². The smallest absolute Gasteiger partial charge is 0.225 e. The molecule has 2 aromatic carbocycles. The van der Waals surface area contributed by atoms with Crippen LogP contribution in [-0.2, 0) is 11.2 Å². The van der Waals surface area contributed by atoms with Gasteiger partial charge in [0.25, 0.3) is 0 Å². The van der Waals surface area contributed by atoms with Crippen LogP contribution in [0.5, 0.6) is 0 Å². The summed E-state index contributed by atoms with van der Waals surface area (Å²) < 4.78 is 32.4. The number of rotatable bonds is 4. The number of fused-ring (bicyclic) bond motifs is 1. The topological polar surface area (TPSA) is 42.2 Å². The lowest BCUT2D eigenvalue weighted by molar-refractivity contribution is -0.121. The number of amides is 1. The molecule has 0 unspecified atom stereocenters. The summed E-state index contributed by atoms with van der Waals surface area (Å²) in [5.74, 6) is -1.57. The van der Waals surface area contributed by atoms with Gasteiger partial charge < -0.3 is 9.73 Å². The van der Waals surface area contributed by atoms with Crippen molar-refractivity contribution in [2.45, 2.75) is 33.2 Å². The third-order valence-electron chi connectivity index (χ3n) is 4.50. The standard InChI is InChI=1S/C20H19F2NO2/c1-11-4-6-17-14(10-25-20(17)12(11)2)8-19(24)23-13(3)16-7-5-15(21)9-18(16)22/h4-7,9-10,13H,8H2,1-3H3,(H,23,24)/t13-/m0/s1. The number of aryl methyl sites for hydroxylation is 2. The van der Waals surface area contributed by atoms with E-state index in [-0.39, 0.29) is 17.9 Å². The summed E-state index contributed by atoms with van der Waals surface area (Å²) in [6.45, 7) is 5.64. The Morgan fingerprint density at radius 1 is 1.20 bits per heavy atom. The van der Waals surface area contributed by atoms with Gasteiger partial charge in [0.15, 0.2) is 0 Å². The second kappa shape index (κ2) is 6.67. The van der Waals surface area contributed by atoms with Crippen LogP contribution in [0, 0.1) is 25.5 Å². The van der Waals surface area contributed by atoms with Crippen molar-refractivity contribution in [3.8, 4) is 0 Å². The predicted octanol–water partition coefficient (Wildman–Crippen LogP) is 4.75.